The zero-order valence-electron chi connectivity index (χ0n) is 14.2. The van der Waals surface area contributed by atoms with Gasteiger partial charge in [0.1, 0.15) is 5.82 Å². The molecule has 1 unspecified atom stereocenters. The normalized spacial score (nSPS) is 18.3. The van der Waals surface area contributed by atoms with Crippen LogP contribution >= 0.6 is 27.5 Å². The first-order valence-corrected chi connectivity index (χ1v) is 10.9. The number of hydrogen-bond acceptors (Lipinski definition) is 3. The first kappa shape index (κ1) is 20.3. The zero-order chi connectivity index (χ0) is 19.6. The van der Waals surface area contributed by atoms with Crippen LogP contribution in [0, 0.1) is 11.7 Å². The Bertz CT molecular complexity index is 954. The molecule has 5 nitrogen and oxygen atoms in total. The maximum absolute atomic E-state index is 13.2. The average Bonchev–Trinajstić information content (AvgIpc) is 2.65. The number of sulfonamides is 1. The second kappa shape index (κ2) is 8.26. The van der Waals surface area contributed by atoms with Crippen molar-refractivity contribution in [3.05, 3.63) is 57.8 Å². The molecule has 9 heteroatoms. The third-order valence-corrected chi connectivity index (χ3v) is 7.09. The molecule has 0 aliphatic carbocycles. The summed E-state index contributed by atoms with van der Waals surface area (Å²) in [6, 6.07) is 10.3. The van der Waals surface area contributed by atoms with Crippen LogP contribution in [0.4, 0.5) is 10.1 Å². The standard InChI is InChI=1S/C18H17BrClFN2O3S/c19-13-3-6-15(7-4-13)27(25,26)23-9-1-2-12(11-23)18(24)22-14-5-8-17(21)16(20)10-14/h3-8,10,12H,1-2,9,11H2,(H,22,24). The Kier molecular flexibility index (Phi) is 6.20. The van der Waals surface area contributed by atoms with E-state index in [0.29, 0.717) is 25.1 Å². The number of amides is 1. The van der Waals surface area contributed by atoms with Crippen molar-refractivity contribution in [1.29, 1.82) is 0 Å². The van der Waals surface area contributed by atoms with Crippen molar-refractivity contribution in [2.45, 2.75) is 17.7 Å². The van der Waals surface area contributed by atoms with Crippen LogP contribution in [-0.4, -0.2) is 31.7 Å². The molecule has 2 aromatic rings. The van der Waals surface area contributed by atoms with Crippen molar-refractivity contribution in [3.63, 3.8) is 0 Å². The summed E-state index contributed by atoms with van der Waals surface area (Å²) in [7, 11) is -3.67. The lowest BCUT2D eigenvalue weighted by atomic mass is 9.99. The van der Waals surface area contributed by atoms with Gasteiger partial charge in [0.2, 0.25) is 15.9 Å². The van der Waals surface area contributed by atoms with Crippen molar-refractivity contribution in [3.8, 4) is 0 Å². The molecule has 3 rings (SSSR count). The fraction of sp³-hybridized carbons (Fsp3) is 0.278. The second-order valence-corrected chi connectivity index (χ2v) is 9.54. The summed E-state index contributed by atoms with van der Waals surface area (Å²) in [5, 5.41) is 2.59. The Hall–Kier alpha value is -1.48. The van der Waals surface area contributed by atoms with Crippen LogP contribution in [0.5, 0.6) is 0 Å². The van der Waals surface area contributed by atoms with Crippen molar-refractivity contribution < 1.29 is 17.6 Å². The number of anilines is 1. The molecule has 1 N–H and O–H groups in total. The van der Waals surface area contributed by atoms with E-state index in [2.05, 4.69) is 21.2 Å². The maximum atomic E-state index is 13.2. The summed E-state index contributed by atoms with van der Waals surface area (Å²) in [5.41, 5.74) is 0.374. The molecular weight excluding hydrogens is 459 g/mol. The lowest BCUT2D eigenvalue weighted by Gasteiger charge is -2.31. The molecule has 0 bridgehead atoms. The van der Waals surface area contributed by atoms with Crippen LogP contribution in [0.2, 0.25) is 5.02 Å². The van der Waals surface area contributed by atoms with Gasteiger partial charge < -0.3 is 5.32 Å². The van der Waals surface area contributed by atoms with Gasteiger partial charge in [0.05, 0.1) is 15.8 Å². The monoisotopic (exact) mass is 474 g/mol. The van der Waals surface area contributed by atoms with E-state index in [9.17, 15) is 17.6 Å². The molecule has 1 aliphatic heterocycles. The molecule has 0 spiro atoms. The van der Waals surface area contributed by atoms with E-state index in [4.69, 9.17) is 11.6 Å². The Labute approximate surface area is 170 Å². The molecule has 27 heavy (non-hydrogen) atoms. The van der Waals surface area contributed by atoms with Gasteiger partial charge in [-0.05, 0) is 55.3 Å². The number of piperidine rings is 1. The highest BCUT2D eigenvalue weighted by Crippen LogP contribution is 2.26. The van der Waals surface area contributed by atoms with Crippen LogP contribution in [0.25, 0.3) is 0 Å². The van der Waals surface area contributed by atoms with E-state index in [0.717, 1.165) is 4.47 Å². The van der Waals surface area contributed by atoms with E-state index < -0.39 is 21.8 Å². The van der Waals surface area contributed by atoms with E-state index in [-0.39, 0.29) is 22.4 Å². The number of nitrogens with zero attached hydrogens (tertiary/aromatic N) is 1. The molecule has 2 aromatic carbocycles. The van der Waals surface area contributed by atoms with Crippen molar-refractivity contribution in [2.24, 2.45) is 5.92 Å². The zero-order valence-corrected chi connectivity index (χ0v) is 17.3. The van der Waals surface area contributed by atoms with Gasteiger partial charge >= 0.3 is 0 Å². The minimum Gasteiger partial charge on any atom is -0.326 e. The molecule has 1 aliphatic rings. The van der Waals surface area contributed by atoms with Crippen LogP contribution in [0.15, 0.2) is 51.8 Å². The lowest BCUT2D eigenvalue weighted by Crippen LogP contribution is -2.43. The van der Waals surface area contributed by atoms with Gasteiger partial charge in [0.25, 0.3) is 0 Å². The summed E-state index contributed by atoms with van der Waals surface area (Å²) in [6.45, 7) is 0.462. The maximum Gasteiger partial charge on any atom is 0.243 e. The van der Waals surface area contributed by atoms with Crippen LogP contribution < -0.4 is 5.32 Å². The minimum atomic E-state index is -3.67. The number of nitrogens with one attached hydrogen (secondary N) is 1. The molecule has 1 saturated heterocycles. The summed E-state index contributed by atoms with van der Waals surface area (Å²) < 4.78 is 41.0. The Balaban J connectivity index is 1.72. The first-order valence-electron chi connectivity index (χ1n) is 8.29. The van der Waals surface area contributed by atoms with Gasteiger partial charge in [-0.2, -0.15) is 4.31 Å². The topological polar surface area (TPSA) is 66.5 Å². The third-order valence-electron chi connectivity index (χ3n) is 4.39. The number of hydrogen-bond donors (Lipinski definition) is 1. The average molecular weight is 476 g/mol. The van der Waals surface area contributed by atoms with Gasteiger partial charge in [-0.3, -0.25) is 4.79 Å². The summed E-state index contributed by atoms with van der Waals surface area (Å²) in [4.78, 5) is 12.7. The van der Waals surface area contributed by atoms with Gasteiger partial charge in [-0.1, -0.05) is 27.5 Å². The molecular formula is C18H17BrClFN2O3S. The van der Waals surface area contributed by atoms with Crippen molar-refractivity contribution >= 4 is 49.1 Å². The summed E-state index contributed by atoms with van der Waals surface area (Å²) in [5.74, 6) is -1.37. The number of carbonyl (C=O) groups is 1. The third kappa shape index (κ3) is 4.68. The number of halogens is 3. The van der Waals surface area contributed by atoms with Gasteiger partial charge in [-0.15, -0.1) is 0 Å². The predicted octanol–water partition coefficient (Wildman–Crippen LogP) is 4.28. The predicted molar refractivity (Wildman–Crippen MR) is 106 cm³/mol. The molecule has 144 valence electrons. The lowest BCUT2D eigenvalue weighted by molar-refractivity contribution is -0.120. The quantitative estimate of drug-likeness (QED) is 0.718. The van der Waals surface area contributed by atoms with Gasteiger partial charge in [0.15, 0.2) is 0 Å². The highest BCUT2D eigenvalue weighted by atomic mass is 79.9. The largest absolute Gasteiger partial charge is 0.326 e. The van der Waals surface area contributed by atoms with Gasteiger partial charge in [0, 0.05) is 23.2 Å². The van der Waals surface area contributed by atoms with E-state index in [1.54, 1.807) is 12.1 Å². The van der Waals surface area contributed by atoms with Crippen LogP contribution in [-0.2, 0) is 14.8 Å². The van der Waals surface area contributed by atoms with Crippen molar-refractivity contribution in [2.75, 3.05) is 18.4 Å². The Morgan fingerprint density at radius 3 is 2.59 bits per heavy atom. The molecule has 1 amide bonds. The minimum absolute atomic E-state index is 0.0871. The number of benzene rings is 2. The second-order valence-electron chi connectivity index (χ2n) is 6.27. The smallest absolute Gasteiger partial charge is 0.243 e. The summed E-state index contributed by atoms with van der Waals surface area (Å²) >= 11 is 9.01. The Morgan fingerprint density at radius 2 is 1.93 bits per heavy atom. The molecule has 1 heterocycles. The van der Waals surface area contributed by atoms with E-state index in [1.165, 1.54) is 34.6 Å². The van der Waals surface area contributed by atoms with Gasteiger partial charge in [-0.25, -0.2) is 12.8 Å². The Morgan fingerprint density at radius 1 is 1.22 bits per heavy atom. The molecule has 0 saturated carbocycles. The molecule has 0 aromatic heterocycles. The molecule has 1 fully saturated rings. The number of carbonyl (C=O) groups excluding carboxylic acids is 1. The fourth-order valence-electron chi connectivity index (χ4n) is 2.95. The van der Waals surface area contributed by atoms with E-state index in [1.807, 2.05) is 0 Å². The highest BCUT2D eigenvalue weighted by molar-refractivity contribution is 9.10. The van der Waals surface area contributed by atoms with Crippen LogP contribution in [0.1, 0.15) is 12.8 Å². The number of rotatable bonds is 4. The fourth-order valence-corrected chi connectivity index (χ4v) is 4.92. The van der Waals surface area contributed by atoms with Crippen LogP contribution in [0.3, 0.4) is 0 Å². The molecule has 1 atom stereocenters. The SMILES string of the molecule is O=C(Nc1ccc(F)c(Cl)c1)C1CCCN(S(=O)(=O)c2ccc(Br)cc2)C1. The van der Waals surface area contributed by atoms with E-state index >= 15 is 0 Å². The first-order chi connectivity index (χ1) is 12.8. The molecule has 0 radical (unpaired) electrons. The van der Waals surface area contributed by atoms with Crippen molar-refractivity contribution in [1.82, 2.24) is 4.31 Å². The highest BCUT2D eigenvalue weighted by Gasteiger charge is 2.33. The summed E-state index contributed by atoms with van der Waals surface area (Å²) in [6.07, 6.45) is 1.16.